The van der Waals surface area contributed by atoms with Crippen LogP contribution >= 0.6 is 0 Å². The van der Waals surface area contributed by atoms with Crippen molar-refractivity contribution in [1.82, 2.24) is 0 Å². The van der Waals surface area contributed by atoms with Gasteiger partial charge >= 0.3 is 0 Å². The minimum absolute atomic E-state index is 0.0150. The maximum atomic E-state index is 12.1. The Labute approximate surface area is 139 Å². The van der Waals surface area contributed by atoms with Crippen molar-refractivity contribution in [2.45, 2.75) is 54.6 Å². The summed E-state index contributed by atoms with van der Waals surface area (Å²) in [6.45, 7) is 14.4. The first kappa shape index (κ1) is 17.7. The first-order valence-corrected chi connectivity index (χ1v) is 8.30. The van der Waals surface area contributed by atoms with Gasteiger partial charge in [0.2, 0.25) is 0 Å². The zero-order valence-corrected chi connectivity index (χ0v) is 15.3. The lowest BCUT2D eigenvalue weighted by molar-refractivity contribution is 0.0865. The fourth-order valence-corrected chi connectivity index (χ4v) is 3.53. The van der Waals surface area contributed by atoms with E-state index in [1.54, 1.807) is 0 Å². The van der Waals surface area contributed by atoms with Crippen LogP contribution in [-0.4, -0.2) is 10.9 Å². The lowest BCUT2D eigenvalue weighted by atomic mass is 9.72. The Balaban J connectivity index is 2.38. The lowest BCUT2D eigenvalue weighted by Crippen LogP contribution is -2.27. The highest BCUT2D eigenvalue weighted by Gasteiger charge is 2.42. The van der Waals surface area contributed by atoms with Gasteiger partial charge in [0.15, 0.2) is 5.78 Å². The fraction of sp³-hybridized carbons (Fsp3) is 0.476. The van der Waals surface area contributed by atoms with Crippen LogP contribution in [0.15, 0.2) is 46.6 Å². The van der Waals surface area contributed by atoms with Crippen molar-refractivity contribution in [2.24, 2.45) is 11.3 Å². The molecule has 0 aromatic heterocycles. The molecule has 0 amide bonds. The van der Waals surface area contributed by atoms with Gasteiger partial charge in [-0.25, -0.2) is 0 Å². The largest absolute Gasteiger partial charge is 0.387 e. The molecule has 1 aromatic rings. The smallest absolute Gasteiger partial charge is 0.165 e. The van der Waals surface area contributed by atoms with Gasteiger partial charge in [-0.05, 0) is 51.3 Å². The average Bonchev–Trinajstić information content (AvgIpc) is 2.70. The third-order valence-corrected chi connectivity index (χ3v) is 5.83. The highest BCUT2D eigenvalue weighted by Crippen LogP contribution is 2.53. The van der Waals surface area contributed by atoms with Crippen LogP contribution in [0.4, 0.5) is 0 Å². The number of Topliss-reactive ketones (excluding diaryl/α,β-unsaturated/α-hetero) is 1. The number of benzene rings is 1. The van der Waals surface area contributed by atoms with E-state index in [-0.39, 0.29) is 17.1 Å². The third kappa shape index (κ3) is 2.70. The van der Waals surface area contributed by atoms with Crippen LogP contribution in [0.5, 0.6) is 0 Å². The molecule has 0 heterocycles. The van der Waals surface area contributed by atoms with E-state index in [1.807, 2.05) is 38.1 Å². The molecule has 0 aliphatic heterocycles. The predicted molar refractivity (Wildman–Crippen MR) is 95.4 cm³/mol. The Morgan fingerprint density at radius 2 is 1.39 bits per heavy atom. The van der Waals surface area contributed by atoms with Crippen LogP contribution in [-0.2, 0) is 0 Å². The molecule has 1 N–H and O–H groups in total. The van der Waals surface area contributed by atoms with Gasteiger partial charge in [0.05, 0.1) is 6.10 Å². The van der Waals surface area contributed by atoms with E-state index < -0.39 is 6.10 Å². The molecular weight excluding hydrogens is 284 g/mol. The van der Waals surface area contributed by atoms with Crippen LogP contribution in [0.1, 0.15) is 70.5 Å². The standard InChI is InChI=1S/C21H28O2/c1-12(2)19(22)17-8-10-18(11-9-17)20(23)21(7)15(5)13(3)14(4)16(21)6/h8-12,20,23H,1-7H3. The Morgan fingerprint density at radius 3 is 1.78 bits per heavy atom. The minimum atomic E-state index is -0.613. The zero-order valence-electron chi connectivity index (χ0n) is 15.3. The number of carbonyl (C=O) groups excluding carboxylic acids is 1. The zero-order chi connectivity index (χ0) is 17.5. The Bertz CT molecular complexity index is 663. The van der Waals surface area contributed by atoms with Crippen molar-refractivity contribution >= 4 is 5.78 Å². The van der Waals surface area contributed by atoms with E-state index >= 15 is 0 Å². The number of carbonyl (C=O) groups is 1. The molecule has 1 atom stereocenters. The molecule has 2 nitrogen and oxygen atoms in total. The van der Waals surface area contributed by atoms with Gasteiger partial charge in [-0.15, -0.1) is 0 Å². The van der Waals surface area contributed by atoms with Gasteiger partial charge in [-0.3, -0.25) is 4.79 Å². The SMILES string of the molecule is CC1=C(C)C(C)(C(O)c2ccc(C(=O)C(C)C)cc2)C(C)=C1C. The Hall–Kier alpha value is -1.67. The third-order valence-electron chi connectivity index (χ3n) is 5.83. The van der Waals surface area contributed by atoms with Crippen molar-refractivity contribution in [3.8, 4) is 0 Å². The topological polar surface area (TPSA) is 37.3 Å². The lowest BCUT2D eigenvalue weighted by Gasteiger charge is -2.35. The summed E-state index contributed by atoms with van der Waals surface area (Å²) in [6, 6.07) is 7.43. The van der Waals surface area contributed by atoms with E-state index in [4.69, 9.17) is 0 Å². The van der Waals surface area contributed by atoms with Crippen molar-refractivity contribution in [1.29, 1.82) is 0 Å². The monoisotopic (exact) mass is 312 g/mol. The number of hydrogen-bond donors (Lipinski definition) is 1. The van der Waals surface area contributed by atoms with Crippen molar-refractivity contribution in [2.75, 3.05) is 0 Å². The molecule has 1 aliphatic carbocycles. The van der Waals surface area contributed by atoms with Crippen LogP contribution < -0.4 is 0 Å². The van der Waals surface area contributed by atoms with Gasteiger partial charge in [0.25, 0.3) is 0 Å². The molecule has 0 bridgehead atoms. The highest BCUT2D eigenvalue weighted by atomic mass is 16.3. The van der Waals surface area contributed by atoms with E-state index in [0.717, 1.165) is 5.56 Å². The quantitative estimate of drug-likeness (QED) is 0.771. The molecule has 124 valence electrons. The van der Waals surface area contributed by atoms with E-state index in [2.05, 4.69) is 34.6 Å². The number of hydrogen-bond acceptors (Lipinski definition) is 2. The normalized spacial score (nSPS) is 18.8. The second-order valence-corrected chi connectivity index (χ2v) is 7.25. The number of rotatable bonds is 4. The minimum Gasteiger partial charge on any atom is -0.387 e. The molecule has 1 aliphatic rings. The van der Waals surface area contributed by atoms with E-state index in [9.17, 15) is 9.90 Å². The Kier molecular flexibility index (Phi) is 4.68. The van der Waals surface area contributed by atoms with Crippen LogP contribution in [0.2, 0.25) is 0 Å². The molecule has 0 radical (unpaired) electrons. The van der Waals surface area contributed by atoms with Crippen LogP contribution in [0.25, 0.3) is 0 Å². The summed E-state index contributed by atoms with van der Waals surface area (Å²) in [5, 5.41) is 11.0. The number of ketones is 1. The highest BCUT2D eigenvalue weighted by molar-refractivity contribution is 5.97. The second-order valence-electron chi connectivity index (χ2n) is 7.25. The number of allylic oxidation sites excluding steroid dienone is 2. The van der Waals surface area contributed by atoms with Crippen LogP contribution in [0, 0.1) is 11.3 Å². The molecule has 2 rings (SSSR count). The molecule has 23 heavy (non-hydrogen) atoms. The number of aliphatic hydroxyl groups is 1. The summed E-state index contributed by atoms with van der Waals surface area (Å²) in [5.41, 5.74) is 6.18. The van der Waals surface area contributed by atoms with E-state index in [1.165, 1.54) is 22.3 Å². The average molecular weight is 312 g/mol. The van der Waals surface area contributed by atoms with Gasteiger partial charge in [0.1, 0.15) is 0 Å². The predicted octanol–water partition coefficient (Wildman–Crippen LogP) is 5.25. The number of aliphatic hydroxyl groups excluding tert-OH is 1. The van der Waals surface area contributed by atoms with Crippen molar-refractivity contribution < 1.29 is 9.90 Å². The molecule has 2 heteroatoms. The first-order valence-electron chi connectivity index (χ1n) is 8.30. The van der Waals surface area contributed by atoms with Crippen LogP contribution in [0.3, 0.4) is 0 Å². The summed E-state index contributed by atoms with van der Waals surface area (Å²) >= 11 is 0. The molecular formula is C21H28O2. The summed E-state index contributed by atoms with van der Waals surface area (Å²) in [7, 11) is 0. The molecule has 1 unspecified atom stereocenters. The Morgan fingerprint density at radius 1 is 0.957 bits per heavy atom. The van der Waals surface area contributed by atoms with Crippen molar-refractivity contribution in [3.63, 3.8) is 0 Å². The molecule has 0 fully saturated rings. The van der Waals surface area contributed by atoms with Gasteiger partial charge in [-0.2, -0.15) is 0 Å². The molecule has 0 saturated carbocycles. The maximum Gasteiger partial charge on any atom is 0.165 e. The molecule has 0 spiro atoms. The summed E-state index contributed by atoms with van der Waals surface area (Å²) < 4.78 is 0. The molecule has 1 aromatic carbocycles. The molecule has 0 saturated heterocycles. The summed E-state index contributed by atoms with van der Waals surface area (Å²) in [6.07, 6.45) is -0.613. The fourth-order valence-electron chi connectivity index (χ4n) is 3.53. The summed E-state index contributed by atoms with van der Waals surface area (Å²) in [4.78, 5) is 12.1. The second kappa shape index (κ2) is 6.09. The summed E-state index contributed by atoms with van der Waals surface area (Å²) in [5.74, 6) is 0.121. The van der Waals surface area contributed by atoms with Gasteiger partial charge in [0, 0.05) is 16.9 Å². The van der Waals surface area contributed by atoms with Gasteiger partial charge < -0.3 is 5.11 Å². The van der Waals surface area contributed by atoms with E-state index in [0.29, 0.717) is 5.56 Å². The first-order chi connectivity index (χ1) is 10.6. The maximum absolute atomic E-state index is 12.1. The van der Waals surface area contributed by atoms with Crippen molar-refractivity contribution in [3.05, 3.63) is 57.7 Å². The van der Waals surface area contributed by atoms with Gasteiger partial charge in [-0.1, -0.05) is 49.3 Å².